The lowest BCUT2D eigenvalue weighted by Crippen LogP contribution is -2.28. The van der Waals surface area contributed by atoms with Crippen molar-refractivity contribution in [2.75, 3.05) is 25.6 Å². The van der Waals surface area contributed by atoms with Gasteiger partial charge in [0.05, 0.1) is 18.2 Å². The monoisotopic (exact) mass is 243 g/mol. The molecule has 0 aromatic carbocycles. The number of methoxy groups -OCH3 is 1. The number of thiophene rings is 1. The Kier molecular flexibility index (Phi) is 5.28. The summed E-state index contributed by atoms with van der Waals surface area (Å²) in [7, 11) is 3.28. The van der Waals surface area contributed by atoms with Crippen LogP contribution in [0.15, 0.2) is 17.5 Å². The second-order valence-corrected chi connectivity index (χ2v) is 4.53. The van der Waals surface area contributed by atoms with Gasteiger partial charge < -0.3 is 14.7 Å². The SMILES string of the molecule is COC(=O)CCC(O)CN(C)c1cccs1. The number of hydrogen-bond acceptors (Lipinski definition) is 5. The molecule has 1 aromatic heterocycles. The highest BCUT2D eigenvalue weighted by Crippen LogP contribution is 2.20. The predicted octanol–water partition coefficient (Wildman–Crippen LogP) is 1.50. The average Bonchev–Trinajstić information content (AvgIpc) is 2.79. The van der Waals surface area contributed by atoms with E-state index in [9.17, 15) is 9.90 Å². The summed E-state index contributed by atoms with van der Waals surface area (Å²) in [6.45, 7) is 0.525. The Bertz CT molecular complexity index is 313. The highest BCUT2D eigenvalue weighted by Gasteiger charge is 2.11. The zero-order valence-corrected chi connectivity index (χ0v) is 10.4. The number of anilines is 1. The average molecular weight is 243 g/mol. The van der Waals surface area contributed by atoms with E-state index in [1.165, 1.54) is 7.11 Å². The Labute approximate surface area is 99.5 Å². The van der Waals surface area contributed by atoms with E-state index in [0.717, 1.165) is 5.00 Å². The van der Waals surface area contributed by atoms with Crippen molar-refractivity contribution in [1.29, 1.82) is 0 Å². The van der Waals surface area contributed by atoms with Crippen molar-refractivity contribution in [2.45, 2.75) is 18.9 Å². The number of esters is 1. The van der Waals surface area contributed by atoms with E-state index >= 15 is 0 Å². The molecular weight excluding hydrogens is 226 g/mol. The number of rotatable bonds is 6. The van der Waals surface area contributed by atoms with E-state index in [4.69, 9.17) is 0 Å². The van der Waals surface area contributed by atoms with Crippen LogP contribution in [0.4, 0.5) is 5.00 Å². The number of aliphatic hydroxyl groups is 1. The molecule has 1 heterocycles. The molecule has 0 saturated carbocycles. The number of likely N-dealkylation sites (N-methyl/N-ethyl adjacent to an activating group) is 1. The highest BCUT2D eigenvalue weighted by atomic mass is 32.1. The smallest absolute Gasteiger partial charge is 0.305 e. The lowest BCUT2D eigenvalue weighted by molar-refractivity contribution is -0.141. The number of aliphatic hydroxyl groups excluding tert-OH is 1. The van der Waals surface area contributed by atoms with Gasteiger partial charge in [-0.1, -0.05) is 0 Å². The van der Waals surface area contributed by atoms with Crippen molar-refractivity contribution >= 4 is 22.3 Å². The molecular formula is C11H17NO3S. The lowest BCUT2D eigenvalue weighted by Gasteiger charge is -2.20. The second kappa shape index (κ2) is 6.50. The fourth-order valence-electron chi connectivity index (χ4n) is 1.37. The third-order valence-electron chi connectivity index (χ3n) is 2.28. The summed E-state index contributed by atoms with van der Waals surface area (Å²) in [6, 6.07) is 3.97. The third kappa shape index (κ3) is 4.20. The zero-order valence-electron chi connectivity index (χ0n) is 9.55. The molecule has 0 aliphatic heterocycles. The number of ether oxygens (including phenoxy) is 1. The quantitative estimate of drug-likeness (QED) is 0.769. The first-order chi connectivity index (χ1) is 7.63. The Balaban J connectivity index is 2.28. The molecule has 5 heteroatoms. The van der Waals surface area contributed by atoms with Crippen molar-refractivity contribution in [3.05, 3.63) is 17.5 Å². The zero-order chi connectivity index (χ0) is 12.0. The van der Waals surface area contributed by atoms with Gasteiger partial charge in [-0.25, -0.2) is 0 Å². The van der Waals surface area contributed by atoms with Crippen molar-refractivity contribution in [3.63, 3.8) is 0 Å². The fourth-order valence-corrected chi connectivity index (χ4v) is 2.08. The molecule has 0 fully saturated rings. The van der Waals surface area contributed by atoms with E-state index in [1.54, 1.807) is 11.3 Å². The van der Waals surface area contributed by atoms with Gasteiger partial charge in [0.1, 0.15) is 0 Å². The molecule has 16 heavy (non-hydrogen) atoms. The van der Waals surface area contributed by atoms with Crippen LogP contribution in [-0.4, -0.2) is 37.9 Å². The lowest BCUT2D eigenvalue weighted by atomic mass is 10.2. The summed E-state index contributed by atoms with van der Waals surface area (Å²) < 4.78 is 4.52. The molecule has 90 valence electrons. The number of hydrogen-bond donors (Lipinski definition) is 1. The van der Waals surface area contributed by atoms with Crippen LogP contribution >= 0.6 is 11.3 Å². The van der Waals surface area contributed by atoms with Crippen molar-refractivity contribution < 1.29 is 14.6 Å². The van der Waals surface area contributed by atoms with E-state index in [1.807, 2.05) is 29.5 Å². The Morgan fingerprint density at radius 3 is 3.00 bits per heavy atom. The van der Waals surface area contributed by atoms with Crippen LogP contribution < -0.4 is 4.90 Å². The third-order valence-corrected chi connectivity index (χ3v) is 3.26. The van der Waals surface area contributed by atoms with Gasteiger partial charge in [0, 0.05) is 20.0 Å². The van der Waals surface area contributed by atoms with Crippen LogP contribution in [0.25, 0.3) is 0 Å². The van der Waals surface area contributed by atoms with E-state index in [0.29, 0.717) is 13.0 Å². The van der Waals surface area contributed by atoms with Gasteiger partial charge >= 0.3 is 5.97 Å². The van der Waals surface area contributed by atoms with Crippen LogP contribution in [0.1, 0.15) is 12.8 Å². The van der Waals surface area contributed by atoms with Gasteiger partial charge in [-0.05, 0) is 23.9 Å². The minimum absolute atomic E-state index is 0.260. The second-order valence-electron chi connectivity index (χ2n) is 3.60. The van der Waals surface area contributed by atoms with Gasteiger partial charge in [0.25, 0.3) is 0 Å². The molecule has 1 aromatic rings. The summed E-state index contributed by atoms with van der Waals surface area (Å²) in [5.41, 5.74) is 0. The van der Waals surface area contributed by atoms with Gasteiger partial charge in [0.2, 0.25) is 0 Å². The van der Waals surface area contributed by atoms with Crippen LogP contribution in [0.5, 0.6) is 0 Å². The number of carbonyl (C=O) groups is 1. The molecule has 0 saturated heterocycles. The summed E-state index contributed by atoms with van der Waals surface area (Å²) in [5.74, 6) is -0.280. The molecule has 1 rings (SSSR count). The van der Waals surface area contributed by atoms with Crippen molar-refractivity contribution in [1.82, 2.24) is 0 Å². The van der Waals surface area contributed by atoms with Crippen molar-refractivity contribution in [2.24, 2.45) is 0 Å². The largest absolute Gasteiger partial charge is 0.469 e. The standard InChI is InChI=1S/C11H17NO3S/c1-12(10-4-3-7-16-10)8-9(13)5-6-11(14)15-2/h3-4,7,9,13H,5-6,8H2,1-2H3. The maximum absolute atomic E-state index is 10.9. The Morgan fingerprint density at radius 1 is 1.69 bits per heavy atom. The Morgan fingerprint density at radius 2 is 2.44 bits per heavy atom. The van der Waals surface area contributed by atoms with Crippen LogP contribution in [0, 0.1) is 0 Å². The van der Waals surface area contributed by atoms with E-state index in [-0.39, 0.29) is 12.4 Å². The van der Waals surface area contributed by atoms with Gasteiger partial charge in [0.15, 0.2) is 0 Å². The van der Waals surface area contributed by atoms with Gasteiger partial charge in [-0.15, -0.1) is 11.3 Å². The van der Waals surface area contributed by atoms with Crippen LogP contribution in [-0.2, 0) is 9.53 Å². The number of carbonyl (C=O) groups excluding carboxylic acids is 1. The molecule has 1 N–H and O–H groups in total. The molecule has 1 atom stereocenters. The molecule has 0 bridgehead atoms. The summed E-state index contributed by atoms with van der Waals surface area (Å²) in [4.78, 5) is 12.9. The van der Waals surface area contributed by atoms with E-state index in [2.05, 4.69) is 4.74 Å². The molecule has 0 aliphatic rings. The maximum Gasteiger partial charge on any atom is 0.305 e. The molecule has 0 amide bonds. The first-order valence-corrected chi connectivity index (χ1v) is 6.01. The van der Waals surface area contributed by atoms with Gasteiger partial charge in [-0.2, -0.15) is 0 Å². The highest BCUT2D eigenvalue weighted by molar-refractivity contribution is 7.14. The topological polar surface area (TPSA) is 49.8 Å². The van der Waals surface area contributed by atoms with E-state index < -0.39 is 6.10 Å². The minimum Gasteiger partial charge on any atom is -0.469 e. The molecule has 0 aliphatic carbocycles. The van der Waals surface area contributed by atoms with Crippen LogP contribution in [0.3, 0.4) is 0 Å². The molecule has 1 unspecified atom stereocenters. The summed E-state index contributed by atoms with van der Waals surface area (Å²) in [6.07, 6.45) is 0.185. The minimum atomic E-state index is -0.508. The van der Waals surface area contributed by atoms with Gasteiger partial charge in [-0.3, -0.25) is 4.79 Å². The predicted molar refractivity (Wildman–Crippen MR) is 64.8 cm³/mol. The first kappa shape index (κ1) is 13.0. The summed E-state index contributed by atoms with van der Waals surface area (Å²) in [5, 5.41) is 12.8. The fraction of sp³-hybridized carbons (Fsp3) is 0.545. The van der Waals surface area contributed by atoms with Crippen molar-refractivity contribution in [3.8, 4) is 0 Å². The first-order valence-electron chi connectivity index (χ1n) is 5.13. The molecule has 0 radical (unpaired) electrons. The number of nitrogens with zero attached hydrogens (tertiary/aromatic N) is 1. The molecule has 0 spiro atoms. The molecule has 4 nitrogen and oxygen atoms in total. The summed E-state index contributed by atoms with van der Waals surface area (Å²) >= 11 is 1.63. The van der Waals surface area contributed by atoms with Crippen LogP contribution in [0.2, 0.25) is 0 Å². The Hall–Kier alpha value is -1.07. The maximum atomic E-state index is 10.9. The normalized spacial score (nSPS) is 12.2.